The van der Waals surface area contributed by atoms with E-state index in [-0.39, 0.29) is 29.1 Å². The molecule has 0 spiro atoms. The number of hydrogen-bond donors (Lipinski definition) is 0. The van der Waals surface area contributed by atoms with Gasteiger partial charge in [0.05, 0.1) is 6.10 Å². The third-order valence-electron chi connectivity index (χ3n) is 4.69. The highest BCUT2D eigenvalue weighted by Crippen LogP contribution is 2.41. The molecule has 3 heterocycles. The third-order valence-corrected chi connectivity index (χ3v) is 6.55. The molecule has 1 aliphatic carbocycles. The van der Waals surface area contributed by atoms with Gasteiger partial charge in [0.15, 0.2) is 5.82 Å². The van der Waals surface area contributed by atoms with Gasteiger partial charge in [-0.3, -0.25) is 0 Å². The number of hydrogen-bond acceptors (Lipinski definition) is 8. The highest BCUT2D eigenvalue weighted by Gasteiger charge is 2.44. The van der Waals surface area contributed by atoms with Gasteiger partial charge < -0.3 is 9.26 Å². The second-order valence-electron chi connectivity index (χ2n) is 6.44. The summed E-state index contributed by atoms with van der Waals surface area (Å²) in [7, 11) is -2.30. The summed E-state index contributed by atoms with van der Waals surface area (Å²) in [4.78, 5) is 8.28. The molecular formula is C16H17N5O4S. The zero-order valence-electron chi connectivity index (χ0n) is 14.1. The van der Waals surface area contributed by atoms with E-state index in [0.29, 0.717) is 18.2 Å². The zero-order valence-corrected chi connectivity index (χ0v) is 14.9. The Labute approximate surface area is 150 Å². The first-order valence-electron chi connectivity index (χ1n) is 8.27. The lowest BCUT2D eigenvalue weighted by atomic mass is 10.2. The van der Waals surface area contributed by atoms with Gasteiger partial charge in [0.2, 0.25) is 15.9 Å². The standard InChI is InChI=1S/C16H17N5O4S/c1-24-12-6-14(16-19-15(20-25-16)10-2-3-10)21(9-12)26(22,23)13-5-4-11(7-17)18-8-13/h4-5,8,10,12,14H,2-3,6,9H2,1H3/t12-,14+/m0/s1. The Morgan fingerprint density at radius 3 is 2.81 bits per heavy atom. The minimum Gasteiger partial charge on any atom is -0.380 e. The molecule has 4 rings (SSSR count). The van der Waals surface area contributed by atoms with Crippen molar-refractivity contribution >= 4 is 10.0 Å². The minimum atomic E-state index is -3.85. The predicted molar refractivity (Wildman–Crippen MR) is 87.3 cm³/mol. The summed E-state index contributed by atoms with van der Waals surface area (Å²) >= 11 is 0. The smallest absolute Gasteiger partial charge is 0.245 e. The van der Waals surface area contributed by atoms with Crippen LogP contribution in [-0.4, -0.2) is 47.6 Å². The lowest BCUT2D eigenvalue weighted by Crippen LogP contribution is -2.32. The van der Waals surface area contributed by atoms with E-state index in [4.69, 9.17) is 14.5 Å². The molecule has 2 aromatic rings. The summed E-state index contributed by atoms with van der Waals surface area (Å²) in [5, 5.41) is 12.8. The van der Waals surface area contributed by atoms with Crippen molar-refractivity contribution in [2.45, 2.75) is 42.2 Å². The van der Waals surface area contributed by atoms with Crippen LogP contribution < -0.4 is 0 Å². The highest BCUT2D eigenvalue weighted by atomic mass is 32.2. The molecule has 26 heavy (non-hydrogen) atoms. The van der Waals surface area contributed by atoms with Crippen LogP contribution in [0.2, 0.25) is 0 Å². The van der Waals surface area contributed by atoms with E-state index in [1.807, 2.05) is 6.07 Å². The Morgan fingerprint density at radius 1 is 1.38 bits per heavy atom. The van der Waals surface area contributed by atoms with Crippen molar-refractivity contribution in [3.05, 3.63) is 35.7 Å². The van der Waals surface area contributed by atoms with E-state index < -0.39 is 16.1 Å². The fourth-order valence-corrected chi connectivity index (χ4v) is 4.62. The van der Waals surface area contributed by atoms with Crippen LogP contribution in [0.1, 0.15) is 48.6 Å². The quantitative estimate of drug-likeness (QED) is 0.768. The number of ether oxygens (including phenoxy) is 1. The Bertz CT molecular complexity index is 946. The normalized spacial score (nSPS) is 23.8. The maximum absolute atomic E-state index is 13.1. The summed E-state index contributed by atoms with van der Waals surface area (Å²) in [6, 6.07) is 4.04. The van der Waals surface area contributed by atoms with Crippen molar-refractivity contribution in [1.82, 2.24) is 19.4 Å². The number of pyridine rings is 1. The molecule has 2 aromatic heterocycles. The van der Waals surface area contributed by atoms with Crippen molar-refractivity contribution in [3.63, 3.8) is 0 Å². The molecule has 0 N–H and O–H groups in total. The fraction of sp³-hybridized carbons (Fsp3) is 0.500. The van der Waals surface area contributed by atoms with Crippen LogP contribution in [0, 0.1) is 11.3 Å². The van der Waals surface area contributed by atoms with Gasteiger partial charge in [-0.05, 0) is 25.0 Å². The number of nitriles is 1. The molecule has 2 aliphatic rings. The van der Waals surface area contributed by atoms with Crippen LogP contribution in [0.15, 0.2) is 27.7 Å². The molecule has 0 radical (unpaired) electrons. The van der Waals surface area contributed by atoms with Gasteiger partial charge in [-0.25, -0.2) is 13.4 Å². The second-order valence-corrected chi connectivity index (χ2v) is 8.33. The molecule has 0 unspecified atom stereocenters. The maximum atomic E-state index is 13.1. The van der Waals surface area contributed by atoms with Crippen molar-refractivity contribution in [3.8, 4) is 6.07 Å². The SMILES string of the molecule is CO[C@H]1C[C@H](c2nc(C3CC3)no2)N(S(=O)(=O)c2ccc(C#N)nc2)C1. The number of sulfonamides is 1. The van der Waals surface area contributed by atoms with Crippen molar-refractivity contribution in [2.75, 3.05) is 13.7 Å². The highest BCUT2D eigenvalue weighted by molar-refractivity contribution is 7.89. The van der Waals surface area contributed by atoms with E-state index in [1.54, 1.807) is 7.11 Å². The molecule has 0 amide bonds. The van der Waals surface area contributed by atoms with Crippen molar-refractivity contribution < 1.29 is 17.7 Å². The van der Waals surface area contributed by atoms with Crippen molar-refractivity contribution in [1.29, 1.82) is 5.26 Å². The molecule has 1 aliphatic heterocycles. The van der Waals surface area contributed by atoms with E-state index in [0.717, 1.165) is 12.8 Å². The first kappa shape index (κ1) is 17.1. The zero-order chi connectivity index (χ0) is 18.3. The second kappa shape index (κ2) is 6.42. The number of aromatic nitrogens is 3. The molecule has 136 valence electrons. The van der Waals surface area contributed by atoms with E-state index in [9.17, 15) is 8.42 Å². The Morgan fingerprint density at radius 2 is 2.19 bits per heavy atom. The van der Waals surface area contributed by atoms with Gasteiger partial charge in [-0.15, -0.1) is 0 Å². The number of methoxy groups -OCH3 is 1. The van der Waals surface area contributed by atoms with Crippen LogP contribution in [0.4, 0.5) is 0 Å². The average molecular weight is 375 g/mol. The Hall–Kier alpha value is -2.35. The van der Waals surface area contributed by atoms with Crippen LogP contribution in [0.3, 0.4) is 0 Å². The first-order valence-corrected chi connectivity index (χ1v) is 9.71. The molecule has 10 heteroatoms. The molecule has 1 saturated carbocycles. The average Bonchev–Trinajstić information content (AvgIpc) is 3.22. The lowest BCUT2D eigenvalue weighted by Gasteiger charge is -2.21. The fourth-order valence-electron chi connectivity index (χ4n) is 3.05. The van der Waals surface area contributed by atoms with Gasteiger partial charge in [-0.2, -0.15) is 14.6 Å². The monoisotopic (exact) mass is 375 g/mol. The third kappa shape index (κ3) is 2.98. The minimum absolute atomic E-state index is 0.0141. The topological polar surface area (TPSA) is 122 Å². The largest absolute Gasteiger partial charge is 0.380 e. The number of nitrogens with zero attached hydrogens (tertiary/aromatic N) is 5. The summed E-state index contributed by atoms with van der Waals surface area (Å²) in [6.45, 7) is 0.185. The Balaban J connectivity index is 1.67. The van der Waals surface area contributed by atoms with E-state index in [1.165, 1.54) is 22.6 Å². The molecule has 2 fully saturated rings. The van der Waals surface area contributed by atoms with Crippen LogP contribution in [-0.2, 0) is 14.8 Å². The van der Waals surface area contributed by atoms with Crippen LogP contribution in [0.25, 0.3) is 0 Å². The molecular weight excluding hydrogens is 358 g/mol. The van der Waals surface area contributed by atoms with Crippen molar-refractivity contribution in [2.24, 2.45) is 0 Å². The van der Waals surface area contributed by atoms with Gasteiger partial charge in [0, 0.05) is 32.2 Å². The number of rotatable bonds is 5. The predicted octanol–water partition coefficient (Wildman–Crippen LogP) is 1.36. The van der Waals surface area contributed by atoms with Crippen LogP contribution >= 0.6 is 0 Å². The van der Waals surface area contributed by atoms with Gasteiger partial charge >= 0.3 is 0 Å². The maximum Gasteiger partial charge on any atom is 0.245 e. The summed E-state index contributed by atoms with van der Waals surface area (Å²) in [6.07, 6.45) is 3.42. The van der Waals surface area contributed by atoms with Gasteiger partial charge in [0.25, 0.3) is 0 Å². The molecule has 1 saturated heterocycles. The molecule has 2 atom stereocenters. The molecule has 0 bridgehead atoms. The van der Waals surface area contributed by atoms with E-state index in [2.05, 4.69) is 15.1 Å². The summed E-state index contributed by atoms with van der Waals surface area (Å²) in [5.41, 5.74) is 0.155. The van der Waals surface area contributed by atoms with Crippen LogP contribution in [0.5, 0.6) is 0 Å². The molecule has 0 aromatic carbocycles. The Kier molecular flexibility index (Phi) is 4.22. The lowest BCUT2D eigenvalue weighted by molar-refractivity contribution is 0.114. The van der Waals surface area contributed by atoms with E-state index >= 15 is 0 Å². The summed E-state index contributed by atoms with van der Waals surface area (Å²) < 4.78 is 38.2. The van der Waals surface area contributed by atoms with Gasteiger partial charge in [0.1, 0.15) is 22.7 Å². The van der Waals surface area contributed by atoms with Gasteiger partial charge in [-0.1, -0.05) is 5.16 Å². The first-order chi connectivity index (χ1) is 12.5. The molecule has 9 nitrogen and oxygen atoms in total. The summed E-state index contributed by atoms with van der Waals surface area (Å²) in [5.74, 6) is 1.25.